The molecule has 0 N–H and O–H groups in total. The van der Waals surface area contributed by atoms with E-state index in [1.807, 2.05) is 17.8 Å². The summed E-state index contributed by atoms with van der Waals surface area (Å²) in [7, 11) is 0. The molecule has 0 atom stereocenters. The third kappa shape index (κ3) is 2.44. The van der Waals surface area contributed by atoms with Gasteiger partial charge in [-0.25, -0.2) is 0 Å². The highest BCUT2D eigenvalue weighted by Gasteiger charge is 2.11. The molecular weight excluding hydrogens is 224 g/mol. The van der Waals surface area contributed by atoms with E-state index in [-0.39, 0.29) is 0 Å². The quantitative estimate of drug-likeness (QED) is 0.766. The largest absolute Gasteiger partial charge is 0.411 e. The van der Waals surface area contributed by atoms with E-state index in [4.69, 9.17) is 4.42 Å². The van der Waals surface area contributed by atoms with Crippen LogP contribution in [0.25, 0.3) is 11.5 Å². The van der Waals surface area contributed by atoms with Crippen molar-refractivity contribution in [3.05, 3.63) is 12.4 Å². The van der Waals surface area contributed by atoms with E-state index in [1.54, 1.807) is 18.0 Å². The van der Waals surface area contributed by atoms with Gasteiger partial charge in [0.2, 0.25) is 0 Å². The number of aryl methyl sites for hydroxylation is 1. The minimum absolute atomic E-state index is 0.437. The summed E-state index contributed by atoms with van der Waals surface area (Å²) in [6.45, 7) is 7.04. The van der Waals surface area contributed by atoms with Crippen molar-refractivity contribution in [1.82, 2.24) is 20.0 Å². The molecule has 5 nitrogen and oxygen atoms in total. The molecule has 0 aliphatic heterocycles. The Balaban J connectivity index is 2.17. The summed E-state index contributed by atoms with van der Waals surface area (Å²) >= 11 is 1.56. The van der Waals surface area contributed by atoms with Crippen molar-refractivity contribution >= 4 is 11.8 Å². The number of hydrogen-bond acceptors (Lipinski definition) is 5. The second kappa shape index (κ2) is 4.69. The summed E-state index contributed by atoms with van der Waals surface area (Å²) in [5.74, 6) is 0.530. The fraction of sp³-hybridized carbons (Fsp3) is 0.500. The maximum Gasteiger partial charge on any atom is 0.277 e. The van der Waals surface area contributed by atoms with E-state index < -0.39 is 0 Å². The number of hydrogen-bond donors (Lipinski definition) is 0. The van der Waals surface area contributed by atoms with E-state index in [1.165, 1.54) is 0 Å². The van der Waals surface area contributed by atoms with E-state index in [2.05, 4.69) is 29.1 Å². The molecule has 0 aliphatic carbocycles. The highest BCUT2D eigenvalue weighted by Crippen LogP contribution is 2.25. The SMILES string of the molecule is CCn1cc(-c2nnc(SC(C)C)o2)cn1. The Bertz CT molecular complexity index is 463. The first-order valence-corrected chi connectivity index (χ1v) is 6.10. The lowest BCUT2D eigenvalue weighted by Crippen LogP contribution is -1.91. The fourth-order valence-corrected chi connectivity index (χ4v) is 1.84. The van der Waals surface area contributed by atoms with Crippen LogP contribution in [0.1, 0.15) is 20.8 Å². The van der Waals surface area contributed by atoms with Crippen molar-refractivity contribution in [2.75, 3.05) is 0 Å². The van der Waals surface area contributed by atoms with Crippen LogP contribution in [0.5, 0.6) is 0 Å². The second-order valence-electron chi connectivity index (χ2n) is 3.62. The minimum atomic E-state index is 0.437. The first kappa shape index (κ1) is 11.2. The molecule has 2 rings (SSSR count). The Kier molecular flexibility index (Phi) is 3.28. The van der Waals surface area contributed by atoms with E-state index in [0.717, 1.165) is 12.1 Å². The Labute approximate surface area is 98.2 Å². The van der Waals surface area contributed by atoms with Crippen molar-refractivity contribution < 1.29 is 4.42 Å². The Morgan fingerprint density at radius 1 is 1.44 bits per heavy atom. The van der Waals surface area contributed by atoms with Crippen LogP contribution < -0.4 is 0 Å². The predicted octanol–water partition coefficient (Wildman–Crippen LogP) is 2.45. The summed E-state index contributed by atoms with van der Waals surface area (Å²) in [6, 6.07) is 0. The molecular formula is C10H14N4OS. The molecule has 0 aromatic carbocycles. The Morgan fingerprint density at radius 3 is 2.88 bits per heavy atom. The van der Waals surface area contributed by atoms with Gasteiger partial charge in [-0.1, -0.05) is 25.6 Å². The lowest BCUT2D eigenvalue weighted by Gasteiger charge is -1.96. The standard InChI is InChI=1S/C10H14N4OS/c1-4-14-6-8(5-11-14)9-12-13-10(15-9)16-7(2)3/h5-7H,4H2,1-3H3. The highest BCUT2D eigenvalue weighted by atomic mass is 32.2. The zero-order valence-corrected chi connectivity index (χ0v) is 10.4. The van der Waals surface area contributed by atoms with Gasteiger partial charge in [0.15, 0.2) is 0 Å². The number of thioether (sulfide) groups is 1. The Morgan fingerprint density at radius 2 is 2.25 bits per heavy atom. The Hall–Kier alpha value is -1.30. The zero-order chi connectivity index (χ0) is 11.5. The van der Waals surface area contributed by atoms with Crippen LogP contribution in [-0.4, -0.2) is 25.2 Å². The average molecular weight is 238 g/mol. The average Bonchev–Trinajstić information content (AvgIpc) is 2.83. The zero-order valence-electron chi connectivity index (χ0n) is 9.54. The molecule has 0 aliphatic rings. The van der Waals surface area contributed by atoms with Crippen molar-refractivity contribution in [3.63, 3.8) is 0 Å². The van der Waals surface area contributed by atoms with Crippen molar-refractivity contribution in [3.8, 4) is 11.5 Å². The summed E-state index contributed by atoms with van der Waals surface area (Å²) in [5, 5.41) is 13.2. The van der Waals surface area contributed by atoms with Crippen LogP contribution >= 0.6 is 11.8 Å². The monoisotopic (exact) mass is 238 g/mol. The molecule has 0 spiro atoms. The second-order valence-corrected chi connectivity index (χ2v) is 5.15. The van der Waals surface area contributed by atoms with Crippen molar-refractivity contribution in [2.24, 2.45) is 0 Å². The van der Waals surface area contributed by atoms with Gasteiger partial charge in [-0.2, -0.15) is 5.10 Å². The molecule has 2 aromatic rings. The third-order valence-electron chi connectivity index (χ3n) is 1.95. The topological polar surface area (TPSA) is 56.7 Å². The molecule has 0 radical (unpaired) electrons. The van der Waals surface area contributed by atoms with Gasteiger partial charge in [-0.15, -0.1) is 10.2 Å². The van der Waals surface area contributed by atoms with E-state index >= 15 is 0 Å². The van der Waals surface area contributed by atoms with Crippen LogP contribution in [-0.2, 0) is 6.54 Å². The van der Waals surface area contributed by atoms with Gasteiger partial charge >= 0.3 is 0 Å². The lowest BCUT2D eigenvalue weighted by molar-refractivity contribution is 0.465. The van der Waals surface area contributed by atoms with Gasteiger partial charge in [-0.05, 0) is 6.92 Å². The third-order valence-corrected chi connectivity index (χ3v) is 2.79. The van der Waals surface area contributed by atoms with Crippen molar-refractivity contribution in [1.29, 1.82) is 0 Å². The maximum atomic E-state index is 5.53. The molecule has 86 valence electrons. The van der Waals surface area contributed by atoms with Crippen molar-refractivity contribution in [2.45, 2.75) is 37.8 Å². The summed E-state index contributed by atoms with van der Waals surface area (Å²) in [4.78, 5) is 0. The normalized spacial score (nSPS) is 11.2. The number of rotatable bonds is 4. The van der Waals surface area contributed by atoms with Crippen LogP contribution in [0.4, 0.5) is 0 Å². The van der Waals surface area contributed by atoms with Gasteiger partial charge in [0, 0.05) is 18.0 Å². The molecule has 0 saturated heterocycles. The van der Waals surface area contributed by atoms with Gasteiger partial charge in [0.05, 0.1) is 11.8 Å². The summed E-state index contributed by atoms with van der Waals surface area (Å²) < 4.78 is 7.35. The van der Waals surface area contributed by atoms with Crippen LogP contribution in [0.15, 0.2) is 22.0 Å². The van der Waals surface area contributed by atoms with Gasteiger partial charge < -0.3 is 4.42 Å². The first-order chi connectivity index (χ1) is 7.69. The van der Waals surface area contributed by atoms with E-state index in [9.17, 15) is 0 Å². The fourth-order valence-electron chi connectivity index (χ4n) is 1.22. The number of aromatic nitrogens is 4. The number of nitrogens with zero attached hydrogens (tertiary/aromatic N) is 4. The molecule has 0 fully saturated rings. The molecule has 0 saturated carbocycles. The molecule has 6 heteroatoms. The van der Waals surface area contributed by atoms with Gasteiger partial charge in [0.1, 0.15) is 0 Å². The summed E-state index contributed by atoms with van der Waals surface area (Å²) in [6.07, 6.45) is 3.64. The van der Waals surface area contributed by atoms with E-state index in [0.29, 0.717) is 16.4 Å². The maximum absolute atomic E-state index is 5.53. The molecule has 0 bridgehead atoms. The summed E-state index contributed by atoms with van der Waals surface area (Å²) in [5.41, 5.74) is 0.866. The molecule has 0 unspecified atom stereocenters. The van der Waals surface area contributed by atoms with Crippen LogP contribution in [0.2, 0.25) is 0 Å². The van der Waals surface area contributed by atoms with Gasteiger partial charge in [-0.3, -0.25) is 4.68 Å². The molecule has 2 heterocycles. The smallest absolute Gasteiger partial charge is 0.277 e. The molecule has 16 heavy (non-hydrogen) atoms. The van der Waals surface area contributed by atoms with Crippen LogP contribution in [0, 0.1) is 0 Å². The predicted molar refractivity (Wildman–Crippen MR) is 62.2 cm³/mol. The van der Waals surface area contributed by atoms with Gasteiger partial charge in [0.25, 0.3) is 11.1 Å². The van der Waals surface area contributed by atoms with Crippen LogP contribution in [0.3, 0.4) is 0 Å². The first-order valence-electron chi connectivity index (χ1n) is 5.22. The highest BCUT2D eigenvalue weighted by molar-refractivity contribution is 7.99. The molecule has 2 aromatic heterocycles. The molecule has 0 amide bonds. The minimum Gasteiger partial charge on any atom is -0.411 e. The lowest BCUT2D eigenvalue weighted by atomic mass is 10.4.